The molecular weight excluding hydrogens is 368 g/mol. The van der Waals surface area contributed by atoms with Crippen LogP contribution in [0.1, 0.15) is 47.8 Å². The molecule has 8 nitrogen and oxygen atoms in total. The topological polar surface area (TPSA) is 110 Å². The Morgan fingerprint density at radius 1 is 1.30 bits per heavy atom. The zero-order chi connectivity index (χ0) is 19.6. The molecule has 2 N–H and O–H groups in total. The van der Waals surface area contributed by atoms with E-state index in [2.05, 4.69) is 29.5 Å². The summed E-state index contributed by atoms with van der Waals surface area (Å²) < 4.78 is 24.7. The van der Waals surface area contributed by atoms with E-state index in [4.69, 9.17) is 0 Å². The van der Waals surface area contributed by atoms with E-state index in [1.807, 2.05) is 0 Å². The summed E-state index contributed by atoms with van der Waals surface area (Å²) in [5.74, 6) is -0.271. The lowest BCUT2D eigenvalue weighted by molar-refractivity contribution is 0.0930. The Kier molecular flexibility index (Phi) is 5.50. The highest BCUT2D eigenvalue weighted by molar-refractivity contribution is 7.91. The van der Waals surface area contributed by atoms with Crippen molar-refractivity contribution in [1.29, 1.82) is 0 Å². The zero-order valence-electron chi connectivity index (χ0n) is 15.4. The van der Waals surface area contributed by atoms with Crippen molar-refractivity contribution in [2.75, 3.05) is 18.1 Å². The predicted molar refractivity (Wildman–Crippen MR) is 102 cm³/mol. The Bertz CT molecular complexity index is 965. The second-order valence-corrected chi connectivity index (χ2v) is 9.48. The number of sulfone groups is 1. The summed E-state index contributed by atoms with van der Waals surface area (Å²) in [6.07, 6.45) is 2.90. The van der Waals surface area contributed by atoms with Gasteiger partial charge in [0.15, 0.2) is 15.5 Å². The van der Waals surface area contributed by atoms with Crippen LogP contribution in [0, 0.1) is 5.92 Å². The highest BCUT2D eigenvalue weighted by Crippen LogP contribution is 2.16. The molecule has 3 heterocycles. The molecule has 1 fully saturated rings. The van der Waals surface area contributed by atoms with E-state index in [-0.39, 0.29) is 28.9 Å². The molecule has 0 bridgehead atoms. The molecule has 1 atom stereocenters. The van der Waals surface area contributed by atoms with Gasteiger partial charge in [0.25, 0.3) is 11.8 Å². The molecule has 0 radical (unpaired) electrons. The zero-order valence-corrected chi connectivity index (χ0v) is 16.3. The van der Waals surface area contributed by atoms with Crippen LogP contribution in [0.4, 0.5) is 0 Å². The van der Waals surface area contributed by atoms with Crippen molar-refractivity contribution in [1.82, 2.24) is 20.0 Å². The summed E-state index contributed by atoms with van der Waals surface area (Å²) in [5, 5.41) is 5.55. The lowest BCUT2D eigenvalue weighted by Crippen LogP contribution is -2.36. The fraction of sp³-hybridized carbons (Fsp3) is 0.500. The summed E-state index contributed by atoms with van der Waals surface area (Å²) in [5.41, 5.74) is 0.715. The molecule has 1 unspecified atom stereocenters. The maximum Gasteiger partial charge on any atom is 0.287 e. The minimum Gasteiger partial charge on any atom is -0.351 e. The van der Waals surface area contributed by atoms with Crippen molar-refractivity contribution in [2.45, 2.75) is 32.7 Å². The van der Waals surface area contributed by atoms with Crippen LogP contribution < -0.4 is 10.6 Å². The number of hydrogen-bond acceptors (Lipinski definition) is 5. The number of imidazole rings is 1. The number of hydrogen-bond donors (Lipinski definition) is 2. The number of fused-ring (bicyclic) bond motifs is 1. The van der Waals surface area contributed by atoms with Gasteiger partial charge in [-0.1, -0.05) is 19.9 Å². The quantitative estimate of drug-likeness (QED) is 0.763. The van der Waals surface area contributed by atoms with Crippen molar-refractivity contribution in [2.24, 2.45) is 5.92 Å². The molecule has 0 saturated carbocycles. The highest BCUT2D eigenvalue weighted by Gasteiger charge is 2.30. The van der Waals surface area contributed by atoms with Gasteiger partial charge in [0.05, 0.1) is 17.0 Å². The maximum absolute atomic E-state index is 12.6. The molecule has 3 rings (SSSR count). The van der Waals surface area contributed by atoms with Crippen LogP contribution in [0.5, 0.6) is 0 Å². The Morgan fingerprint density at radius 2 is 2.07 bits per heavy atom. The first-order valence-electron chi connectivity index (χ1n) is 9.03. The van der Waals surface area contributed by atoms with Crippen LogP contribution in [0.2, 0.25) is 0 Å². The van der Waals surface area contributed by atoms with Crippen LogP contribution >= 0.6 is 0 Å². The summed E-state index contributed by atoms with van der Waals surface area (Å²) in [7, 11) is -3.10. The fourth-order valence-electron chi connectivity index (χ4n) is 3.08. The monoisotopic (exact) mass is 392 g/mol. The molecule has 0 spiro atoms. The van der Waals surface area contributed by atoms with Crippen molar-refractivity contribution in [3.05, 3.63) is 35.9 Å². The van der Waals surface area contributed by atoms with E-state index in [1.54, 1.807) is 28.8 Å². The molecule has 2 aromatic rings. The van der Waals surface area contributed by atoms with Gasteiger partial charge in [-0.05, 0) is 30.9 Å². The second kappa shape index (κ2) is 7.67. The van der Waals surface area contributed by atoms with Gasteiger partial charge in [0.1, 0.15) is 0 Å². The van der Waals surface area contributed by atoms with E-state index in [9.17, 15) is 18.0 Å². The third-order valence-electron chi connectivity index (χ3n) is 4.54. The van der Waals surface area contributed by atoms with Crippen LogP contribution in [0.15, 0.2) is 24.4 Å². The third kappa shape index (κ3) is 4.47. The molecular formula is C18H24N4O4S. The fourth-order valence-corrected chi connectivity index (χ4v) is 4.76. The van der Waals surface area contributed by atoms with Crippen molar-refractivity contribution in [3.8, 4) is 0 Å². The van der Waals surface area contributed by atoms with Crippen molar-refractivity contribution >= 4 is 27.2 Å². The van der Waals surface area contributed by atoms with Gasteiger partial charge in [-0.3, -0.25) is 14.0 Å². The molecule has 146 valence electrons. The molecule has 1 aliphatic rings. The first kappa shape index (κ1) is 19.3. The summed E-state index contributed by atoms with van der Waals surface area (Å²) >= 11 is 0. The number of carbonyl (C=O) groups excluding carboxylic acids is 2. The van der Waals surface area contributed by atoms with Crippen molar-refractivity contribution < 1.29 is 18.0 Å². The molecule has 1 saturated heterocycles. The maximum atomic E-state index is 12.6. The highest BCUT2D eigenvalue weighted by atomic mass is 32.2. The van der Waals surface area contributed by atoms with Gasteiger partial charge < -0.3 is 10.6 Å². The van der Waals surface area contributed by atoms with E-state index in [0.717, 1.165) is 6.42 Å². The number of rotatable bonds is 6. The standard InChI is InChI=1S/C18H24N4O4S/c1-12(2)6-8-19-17(23)15-14-5-3-4-9-22(14)16(21-15)18(24)20-13-7-10-27(25,26)11-13/h3-5,9,12-13H,6-8,10-11H2,1-2H3,(H,19,23)(H,20,24). The average Bonchev–Trinajstić information content (AvgIpc) is 3.14. The first-order chi connectivity index (χ1) is 12.8. The molecule has 27 heavy (non-hydrogen) atoms. The van der Waals surface area contributed by atoms with Crippen molar-refractivity contribution in [3.63, 3.8) is 0 Å². The Morgan fingerprint density at radius 3 is 2.74 bits per heavy atom. The number of aromatic nitrogens is 2. The molecule has 2 aromatic heterocycles. The predicted octanol–water partition coefficient (Wildman–Crippen LogP) is 1.03. The number of amides is 2. The molecule has 1 aliphatic heterocycles. The number of nitrogens with one attached hydrogen (secondary N) is 2. The summed E-state index contributed by atoms with van der Waals surface area (Å²) in [4.78, 5) is 29.4. The van der Waals surface area contributed by atoms with Crippen LogP contribution in [-0.2, 0) is 9.84 Å². The largest absolute Gasteiger partial charge is 0.351 e. The second-order valence-electron chi connectivity index (χ2n) is 7.25. The molecule has 9 heteroatoms. The van der Waals surface area contributed by atoms with E-state index in [0.29, 0.717) is 24.4 Å². The lowest BCUT2D eigenvalue weighted by atomic mass is 10.1. The van der Waals surface area contributed by atoms with E-state index >= 15 is 0 Å². The SMILES string of the molecule is CC(C)CCNC(=O)c1nc(C(=O)NC2CCS(=O)(=O)C2)n2ccccc12. The average molecular weight is 392 g/mol. The Balaban J connectivity index is 1.82. The minimum atomic E-state index is -3.10. The minimum absolute atomic E-state index is 0.0649. The number of carbonyl (C=O) groups is 2. The van der Waals surface area contributed by atoms with Crippen LogP contribution in [0.25, 0.3) is 5.52 Å². The molecule has 0 aromatic carbocycles. The smallest absolute Gasteiger partial charge is 0.287 e. The van der Waals surface area contributed by atoms with Crippen LogP contribution in [0.3, 0.4) is 0 Å². The first-order valence-corrected chi connectivity index (χ1v) is 10.9. The Hall–Kier alpha value is -2.42. The Labute approximate surface area is 158 Å². The number of pyridine rings is 1. The molecule has 0 aliphatic carbocycles. The van der Waals surface area contributed by atoms with Gasteiger partial charge >= 0.3 is 0 Å². The van der Waals surface area contributed by atoms with E-state index < -0.39 is 21.8 Å². The van der Waals surface area contributed by atoms with Gasteiger partial charge in [0, 0.05) is 18.8 Å². The van der Waals surface area contributed by atoms with E-state index in [1.165, 1.54) is 0 Å². The number of nitrogens with zero attached hydrogens (tertiary/aromatic N) is 2. The third-order valence-corrected chi connectivity index (χ3v) is 6.31. The summed E-state index contributed by atoms with van der Waals surface area (Å²) in [6, 6.07) is 4.81. The lowest BCUT2D eigenvalue weighted by Gasteiger charge is -2.09. The normalized spacial score (nSPS) is 18.7. The van der Waals surface area contributed by atoms with Gasteiger partial charge in [-0.2, -0.15) is 0 Å². The molecule has 2 amide bonds. The van der Waals surface area contributed by atoms with Crippen LogP contribution in [-0.4, -0.2) is 53.7 Å². The van der Waals surface area contributed by atoms with Gasteiger partial charge in [0.2, 0.25) is 5.82 Å². The van der Waals surface area contributed by atoms with Gasteiger partial charge in [-0.25, -0.2) is 13.4 Å². The van der Waals surface area contributed by atoms with Gasteiger partial charge in [-0.15, -0.1) is 0 Å². The summed E-state index contributed by atoms with van der Waals surface area (Å²) in [6.45, 7) is 4.68.